The van der Waals surface area contributed by atoms with Crippen LogP contribution in [0.3, 0.4) is 0 Å². The van der Waals surface area contributed by atoms with Gasteiger partial charge in [-0.3, -0.25) is 0 Å². The molecule has 1 atom stereocenters. The molecule has 100 valence electrons. The van der Waals surface area contributed by atoms with Gasteiger partial charge in [0.1, 0.15) is 17.5 Å². The topological polar surface area (TPSA) is 64.3 Å². The SMILES string of the molecule is CCc1nc(N)c(C)c(N(C)CC2CCCO2)n1. The van der Waals surface area contributed by atoms with Crippen LogP contribution >= 0.6 is 0 Å². The second kappa shape index (κ2) is 5.52. The summed E-state index contributed by atoms with van der Waals surface area (Å²) in [5.74, 6) is 2.30. The summed E-state index contributed by atoms with van der Waals surface area (Å²) in [7, 11) is 2.04. The zero-order valence-electron chi connectivity index (χ0n) is 11.4. The maximum atomic E-state index is 5.93. The molecule has 1 aromatic rings. The van der Waals surface area contributed by atoms with Crippen LogP contribution in [0.4, 0.5) is 11.6 Å². The number of aryl methyl sites for hydroxylation is 1. The predicted octanol–water partition coefficient (Wildman–Crippen LogP) is 1.54. The minimum Gasteiger partial charge on any atom is -0.383 e. The number of nitrogens with two attached hydrogens (primary N) is 1. The highest BCUT2D eigenvalue weighted by molar-refractivity contribution is 5.56. The summed E-state index contributed by atoms with van der Waals surface area (Å²) in [6.45, 7) is 5.74. The lowest BCUT2D eigenvalue weighted by molar-refractivity contribution is 0.116. The van der Waals surface area contributed by atoms with E-state index in [1.54, 1.807) is 0 Å². The van der Waals surface area contributed by atoms with Crippen molar-refractivity contribution in [3.05, 3.63) is 11.4 Å². The molecule has 2 heterocycles. The van der Waals surface area contributed by atoms with Crippen molar-refractivity contribution >= 4 is 11.6 Å². The summed E-state index contributed by atoms with van der Waals surface area (Å²) in [6, 6.07) is 0. The van der Waals surface area contributed by atoms with Crippen molar-refractivity contribution in [2.24, 2.45) is 0 Å². The van der Waals surface area contributed by atoms with Crippen molar-refractivity contribution in [3.63, 3.8) is 0 Å². The third kappa shape index (κ3) is 2.72. The first kappa shape index (κ1) is 13.1. The van der Waals surface area contributed by atoms with E-state index >= 15 is 0 Å². The van der Waals surface area contributed by atoms with Gasteiger partial charge in [0.05, 0.1) is 6.10 Å². The summed E-state index contributed by atoms with van der Waals surface area (Å²) in [5.41, 5.74) is 6.89. The Bertz CT molecular complexity index is 416. The van der Waals surface area contributed by atoms with Gasteiger partial charge in [0.2, 0.25) is 0 Å². The van der Waals surface area contributed by atoms with Gasteiger partial charge in [0.15, 0.2) is 0 Å². The van der Waals surface area contributed by atoms with Crippen molar-refractivity contribution in [1.29, 1.82) is 0 Å². The van der Waals surface area contributed by atoms with E-state index in [0.29, 0.717) is 11.9 Å². The lowest BCUT2D eigenvalue weighted by atomic mass is 10.2. The maximum absolute atomic E-state index is 5.93. The normalized spacial score (nSPS) is 19.2. The molecule has 0 spiro atoms. The average Bonchev–Trinajstić information content (AvgIpc) is 2.85. The van der Waals surface area contributed by atoms with Crippen molar-refractivity contribution in [1.82, 2.24) is 9.97 Å². The van der Waals surface area contributed by atoms with Gasteiger partial charge in [-0.25, -0.2) is 9.97 Å². The van der Waals surface area contributed by atoms with Gasteiger partial charge >= 0.3 is 0 Å². The Morgan fingerprint density at radius 1 is 1.44 bits per heavy atom. The fourth-order valence-electron chi connectivity index (χ4n) is 2.28. The van der Waals surface area contributed by atoms with E-state index in [0.717, 1.165) is 49.6 Å². The average molecular weight is 250 g/mol. The molecular formula is C13H22N4O. The highest BCUT2D eigenvalue weighted by Gasteiger charge is 2.20. The molecule has 1 fully saturated rings. The van der Waals surface area contributed by atoms with Crippen LogP contribution in [0.1, 0.15) is 31.2 Å². The molecule has 1 aromatic heterocycles. The van der Waals surface area contributed by atoms with Gasteiger partial charge in [-0.15, -0.1) is 0 Å². The fraction of sp³-hybridized carbons (Fsp3) is 0.692. The minimum atomic E-state index is 0.315. The first-order valence-electron chi connectivity index (χ1n) is 6.57. The number of rotatable bonds is 4. The van der Waals surface area contributed by atoms with Gasteiger partial charge in [0.25, 0.3) is 0 Å². The Kier molecular flexibility index (Phi) is 4.01. The van der Waals surface area contributed by atoms with Gasteiger partial charge < -0.3 is 15.4 Å². The number of hydrogen-bond acceptors (Lipinski definition) is 5. The van der Waals surface area contributed by atoms with Gasteiger partial charge in [-0.1, -0.05) is 6.92 Å². The van der Waals surface area contributed by atoms with Gasteiger partial charge in [-0.2, -0.15) is 0 Å². The Morgan fingerprint density at radius 2 is 2.22 bits per heavy atom. The van der Waals surface area contributed by atoms with Crippen molar-refractivity contribution < 1.29 is 4.74 Å². The van der Waals surface area contributed by atoms with Crippen LogP contribution in [0.15, 0.2) is 0 Å². The van der Waals surface area contributed by atoms with E-state index in [-0.39, 0.29) is 0 Å². The molecular weight excluding hydrogens is 228 g/mol. The molecule has 2 rings (SSSR count). The molecule has 5 heteroatoms. The molecule has 1 aliphatic heterocycles. The summed E-state index contributed by atoms with van der Waals surface area (Å²) in [4.78, 5) is 11.0. The Balaban J connectivity index is 2.17. The molecule has 0 aromatic carbocycles. The van der Waals surface area contributed by atoms with Gasteiger partial charge in [0, 0.05) is 32.2 Å². The molecule has 0 radical (unpaired) electrons. The summed E-state index contributed by atoms with van der Waals surface area (Å²) in [5, 5.41) is 0. The number of likely N-dealkylation sites (N-methyl/N-ethyl adjacent to an activating group) is 1. The standard InChI is InChI=1S/C13H22N4O/c1-4-11-15-12(14)9(2)13(16-11)17(3)8-10-6-5-7-18-10/h10H,4-8H2,1-3H3,(H2,14,15,16). The largest absolute Gasteiger partial charge is 0.383 e. The smallest absolute Gasteiger partial charge is 0.137 e. The number of aromatic nitrogens is 2. The Labute approximate surface area is 108 Å². The molecule has 1 saturated heterocycles. The number of anilines is 2. The summed E-state index contributed by atoms with van der Waals surface area (Å²) in [6.07, 6.45) is 3.40. The molecule has 5 nitrogen and oxygen atoms in total. The predicted molar refractivity (Wildman–Crippen MR) is 72.8 cm³/mol. The van der Waals surface area contributed by atoms with E-state index in [2.05, 4.69) is 14.9 Å². The highest BCUT2D eigenvalue weighted by atomic mass is 16.5. The van der Waals surface area contributed by atoms with E-state index < -0.39 is 0 Å². The number of hydrogen-bond donors (Lipinski definition) is 1. The third-order valence-electron chi connectivity index (χ3n) is 3.38. The van der Waals surface area contributed by atoms with Crippen molar-refractivity contribution in [2.75, 3.05) is 30.8 Å². The Morgan fingerprint density at radius 3 is 2.83 bits per heavy atom. The van der Waals surface area contributed by atoms with Gasteiger partial charge in [-0.05, 0) is 19.8 Å². The number of nitrogen functional groups attached to an aromatic ring is 1. The number of nitrogens with zero attached hydrogens (tertiary/aromatic N) is 3. The van der Waals surface area contributed by atoms with Crippen LogP contribution in [0.5, 0.6) is 0 Å². The molecule has 0 saturated carbocycles. The first-order valence-corrected chi connectivity index (χ1v) is 6.57. The minimum absolute atomic E-state index is 0.315. The quantitative estimate of drug-likeness (QED) is 0.878. The maximum Gasteiger partial charge on any atom is 0.137 e. The summed E-state index contributed by atoms with van der Waals surface area (Å²) < 4.78 is 5.66. The first-order chi connectivity index (χ1) is 8.61. The van der Waals surface area contributed by atoms with Crippen LogP contribution in [-0.2, 0) is 11.2 Å². The third-order valence-corrected chi connectivity index (χ3v) is 3.38. The molecule has 0 aliphatic carbocycles. The van der Waals surface area contributed by atoms with Crippen LogP contribution in [0, 0.1) is 6.92 Å². The molecule has 1 unspecified atom stereocenters. The molecule has 0 amide bonds. The fourth-order valence-corrected chi connectivity index (χ4v) is 2.28. The monoisotopic (exact) mass is 250 g/mol. The van der Waals surface area contributed by atoms with E-state index in [1.165, 1.54) is 0 Å². The zero-order valence-corrected chi connectivity index (χ0v) is 11.4. The molecule has 1 aliphatic rings. The lowest BCUT2D eigenvalue weighted by Gasteiger charge is -2.24. The van der Waals surface area contributed by atoms with E-state index in [4.69, 9.17) is 10.5 Å². The van der Waals surface area contributed by atoms with Crippen molar-refractivity contribution in [3.8, 4) is 0 Å². The number of ether oxygens (including phenoxy) is 1. The van der Waals surface area contributed by atoms with Crippen LogP contribution < -0.4 is 10.6 Å². The Hall–Kier alpha value is -1.36. The van der Waals surface area contributed by atoms with E-state index in [9.17, 15) is 0 Å². The van der Waals surface area contributed by atoms with Crippen LogP contribution in [-0.4, -0.2) is 36.3 Å². The molecule has 2 N–H and O–H groups in total. The highest BCUT2D eigenvalue weighted by Crippen LogP contribution is 2.22. The molecule has 0 bridgehead atoms. The second-order valence-electron chi connectivity index (χ2n) is 4.84. The van der Waals surface area contributed by atoms with Crippen LogP contribution in [0.25, 0.3) is 0 Å². The summed E-state index contributed by atoms with van der Waals surface area (Å²) >= 11 is 0. The lowest BCUT2D eigenvalue weighted by Crippen LogP contribution is -2.30. The second-order valence-corrected chi connectivity index (χ2v) is 4.84. The van der Waals surface area contributed by atoms with Crippen molar-refractivity contribution in [2.45, 2.75) is 39.2 Å². The molecule has 18 heavy (non-hydrogen) atoms. The zero-order chi connectivity index (χ0) is 13.1. The van der Waals surface area contributed by atoms with E-state index in [1.807, 2.05) is 20.9 Å². The van der Waals surface area contributed by atoms with Crippen LogP contribution in [0.2, 0.25) is 0 Å².